The second kappa shape index (κ2) is 14.4. The number of rotatable bonds is 7. The zero-order valence-electron chi connectivity index (χ0n) is 30.5. The van der Waals surface area contributed by atoms with E-state index in [0.29, 0.717) is 13.1 Å². The number of nitrogens with zero attached hydrogens (tertiary/aromatic N) is 4. The first-order valence-corrected chi connectivity index (χ1v) is 18.6. The molecule has 53 heavy (non-hydrogen) atoms. The lowest BCUT2D eigenvalue weighted by Crippen LogP contribution is -2.43. The number of aliphatic imine (C=N–C) groups is 1. The third-order valence-electron chi connectivity index (χ3n) is 10.3. The second-order valence-corrected chi connectivity index (χ2v) is 15.2. The monoisotopic (exact) mass is 707 g/mol. The van der Waals surface area contributed by atoms with Gasteiger partial charge in [0.1, 0.15) is 18.0 Å². The number of fused-ring (bicyclic) bond motifs is 1. The number of likely N-dealkylation sites (tertiary alicyclic amines) is 2. The minimum atomic E-state index is -0.522. The van der Waals surface area contributed by atoms with Crippen LogP contribution in [0.1, 0.15) is 69.4 Å². The molecule has 9 nitrogen and oxygen atoms in total. The molecule has 1 N–H and O–H groups in total. The van der Waals surface area contributed by atoms with E-state index in [-0.39, 0.29) is 30.9 Å². The van der Waals surface area contributed by atoms with Gasteiger partial charge in [0.15, 0.2) is 0 Å². The number of amides is 2. The van der Waals surface area contributed by atoms with Gasteiger partial charge in [0.05, 0.1) is 29.7 Å². The lowest BCUT2D eigenvalue weighted by molar-refractivity contribution is 0.0265. The molecule has 1 aromatic heterocycles. The molecule has 2 atom stereocenters. The lowest BCUT2D eigenvalue weighted by Gasteiger charge is -2.28. The van der Waals surface area contributed by atoms with E-state index in [2.05, 4.69) is 76.7 Å². The molecule has 4 aromatic carbocycles. The number of hydrogen-bond donors (Lipinski definition) is 1. The molecule has 270 valence electrons. The van der Waals surface area contributed by atoms with Crippen LogP contribution in [0, 0.1) is 0 Å². The molecule has 2 fully saturated rings. The van der Waals surface area contributed by atoms with Gasteiger partial charge in [-0.2, -0.15) is 0 Å². The molecule has 0 aliphatic carbocycles. The van der Waals surface area contributed by atoms with Crippen LogP contribution in [0.3, 0.4) is 0 Å². The average Bonchev–Trinajstić information content (AvgIpc) is 4.00. The molecule has 0 spiro atoms. The molecule has 0 radical (unpaired) electrons. The molecule has 5 aromatic rings. The Labute approximate surface area is 310 Å². The summed E-state index contributed by atoms with van der Waals surface area (Å²) in [5.74, 6) is 0.782. The van der Waals surface area contributed by atoms with Crippen molar-refractivity contribution in [3.8, 4) is 33.5 Å². The third kappa shape index (κ3) is 7.47. The Bertz CT molecular complexity index is 2130. The molecule has 0 unspecified atom stereocenters. The van der Waals surface area contributed by atoms with E-state index >= 15 is 0 Å². The molecule has 3 aliphatic heterocycles. The van der Waals surface area contributed by atoms with E-state index in [1.807, 2.05) is 62.2 Å². The van der Waals surface area contributed by atoms with Crippen molar-refractivity contribution in [2.75, 3.05) is 13.1 Å². The molecular weight excluding hydrogens is 663 g/mol. The fraction of sp³-hybridized carbons (Fsp3) is 0.318. The highest BCUT2D eigenvalue weighted by atomic mass is 16.6. The Morgan fingerprint density at radius 3 is 2.04 bits per heavy atom. The molecule has 9 heteroatoms. The Morgan fingerprint density at radius 1 is 0.755 bits per heavy atom. The largest absolute Gasteiger partial charge is 0.445 e. The van der Waals surface area contributed by atoms with Gasteiger partial charge in [0, 0.05) is 25.2 Å². The number of ether oxygens (including phenoxy) is 2. The summed E-state index contributed by atoms with van der Waals surface area (Å²) in [6.07, 6.45) is 5.66. The average molecular weight is 708 g/mol. The van der Waals surface area contributed by atoms with Crippen molar-refractivity contribution in [1.82, 2.24) is 19.8 Å². The Hall–Kier alpha value is -5.70. The highest BCUT2D eigenvalue weighted by Crippen LogP contribution is 2.36. The number of benzene rings is 4. The van der Waals surface area contributed by atoms with Gasteiger partial charge in [-0.3, -0.25) is 14.8 Å². The molecule has 3 aliphatic rings. The van der Waals surface area contributed by atoms with E-state index < -0.39 is 5.60 Å². The van der Waals surface area contributed by atoms with Gasteiger partial charge >= 0.3 is 12.2 Å². The molecule has 4 heterocycles. The van der Waals surface area contributed by atoms with Crippen LogP contribution in [0.15, 0.2) is 108 Å². The highest BCUT2D eigenvalue weighted by molar-refractivity contribution is 6.00. The van der Waals surface area contributed by atoms with E-state index in [9.17, 15) is 9.59 Å². The SMILES string of the molecule is CC(C)(C)OC(=O)N1CCC[C@H]1C1=Nc2ccc(-c3ccc(-c4ccc(-c5cnc([C@@H]6CCCN6C(=O)OCc6ccccc6)[nH]5)cc4)cc3)cc2C1. The number of aromatic amines is 1. The lowest BCUT2D eigenvalue weighted by atomic mass is 9.96. The zero-order chi connectivity index (χ0) is 36.5. The van der Waals surface area contributed by atoms with Crippen LogP contribution >= 0.6 is 0 Å². The maximum atomic E-state index is 13.0. The van der Waals surface area contributed by atoms with Gasteiger partial charge in [0.25, 0.3) is 0 Å². The summed E-state index contributed by atoms with van der Waals surface area (Å²) in [5.41, 5.74) is 10.2. The Morgan fingerprint density at radius 2 is 1.36 bits per heavy atom. The van der Waals surface area contributed by atoms with Gasteiger partial charge < -0.3 is 14.5 Å². The molecule has 0 saturated carbocycles. The van der Waals surface area contributed by atoms with E-state index in [1.165, 1.54) is 5.56 Å². The topological polar surface area (TPSA) is 100 Å². The fourth-order valence-electron chi connectivity index (χ4n) is 7.67. The maximum absolute atomic E-state index is 13.0. The van der Waals surface area contributed by atoms with Crippen LogP contribution in [0.4, 0.5) is 15.3 Å². The second-order valence-electron chi connectivity index (χ2n) is 15.2. The van der Waals surface area contributed by atoms with Crippen LogP contribution in [0.25, 0.3) is 33.5 Å². The van der Waals surface area contributed by atoms with Crippen LogP contribution in [0.5, 0.6) is 0 Å². The molecule has 2 saturated heterocycles. The minimum absolute atomic E-state index is 0.0134. The summed E-state index contributed by atoms with van der Waals surface area (Å²) in [6.45, 7) is 7.32. The fourth-order valence-corrected chi connectivity index (χ4v) is 7.67. The van der Waals surface area contributed by atoms with E-state index in [0.717, 1.165) is 88.4 Å². The summed E-state index contributed by atoms with van der Waals surface area (Å²) in [7, 11) is 0. The molecule has 8 rings (SSSR count). The summed E-state index contributed by atoms with van der Waals surface area (Å²) in [4.78, 5) is 42.6. The molecular formula is C44H45N5O4. The number of H-pyrrole nitrogens is 1. The van der Waals surface area contributed by atoms with Crippen LogP contribution < -0.4 is 0 Å². The van der Waals surface area contributed by atoms with Gasteiger partial charge in [0.2, 0.25) is 0 Å². The van der Waals surface area contributed by atoms with E-state index in [1.54, 1.807) is 4.90 Å². The summed E-state index contributed by atoms with van der Waals surface area (Å²) >= 11 is 0. The van der Waals surface area contributed by atoms with Crippen LogP contribution in [0.2, 0.25) is 0 Å². The van der Waals surface area contributed by atoms with Gasteiger partial charge in [-0.25, -0.2) is 14.6 Å². The van der Waals surface area contributed by atoms with Crippen LogP contribution in [-0.2, 0) is 22.5 Å². The van der Waals surface area contributed by atoms with Gasteiger partial charge in [-0.1, -0.05) is 84.9 Å². The standard InChI is InChI=1S/C44H45N5O4/c1-44(2,3)53-43(51)48-23-7-11-39(48)37-26-35-25-34(21-22-36(35)46-37)32-15-13-30(14-16-32)31-17-19-33(20-18-31)38-27-45-41(47-38)40-12-8-24-49(40)42(50)52-28-29-9-5-4-6-10-29/h4-6,9-10,13-22,25,27,39-40H,7-8,11-12,23-24,26,28H2,1-3H3,(H,45,47)/t39-,40-/m0/s1. The summed E-state index contributed by atoms with van der Waals surface area (Å²) in [5, 5.41) is 0. The van der Waals surface area contributed by atoms with Crippen molar-refractivity contribution in [2.24, 2.45) is 4.99 Å². The summed E-state index contributed by atoms with van der Waals surface area (Å²) in [6, 6.07) is 33.2. The van der Waals surface area contributed by atoms with Crippen molar-refractivity contribution in [3.05, 3.63) is 120 Å². The first-order chi connectivity index (χ1) is 25.7. The smallest absolute Gasteiger partial charge is 0.410 e. The highest BCUT2D eigenvalue weighted by Gasteiger charge is 2.37. The first-order valence-electron chi connectivity index (χ1n) is 18.6. The quantitative estimate of drug-likeness (QED) is 0.182. The predicted octanol–water partition coefficient (Wildman–Crippen LogP) is 9.91. The molecule has 2 amide bonds. The van der Waals surface area contributed by atoms with Crippen molar-refractivity contribution in [2.45, 2.75) is 77.2 Å². The molecule has 0 bridgehead atoms. The van der Waals surface area contributed by atoms with E-state index in [4.69, 9.17) is 14.5 Å². The number of carbonyl (C=O) groups excluding carboxylic acids is 2. The van der Waals surface area contributed by atoms with Crippen LogP contribution in [-0.4, -0.2) is 62.4 Å². The van der Waals surface area contributed by atoms with Crippen molar-refractivity contribution in [3.63, 3.8) is 0 Å². The maximum Gasteiger partial charge on any atom is 0.410 e. The zero-order valence-corrected chi connectivity index (χ0v) is 30.5. The first kappa shape index (κ1) is 34.4. The predicted molar refractivity (Wildman–Crippen MR) is 207 cm³/mol. The number of carbonyl (C=O) groups is 2. The number of nitrogens with one attached hydrogen (secondary N) is 1. The third-order valence-corrected chi connectivity index (χ3v) is 10.3. The summed E-state index contributed by atoms with van der Waals surface area (Å²) < 4.78 is 11.3. The number of aromatic nitrogens is 2. The van der Waals surface area contributed by atoms with Gasteiger partial charge in [-0.15, -0.1) is 0 Å². The normalized spacial score (nSPS) is 18.2. The minimum Gasteiger partial charge on any atom is -0.445 e. The van der Waals surface area contributed by atoms with Crippen molar-refractivity contribution >= 4 is 23.6 Å². The number of hydrogen-bond acceptors (Lipinski definition) is 6. The van der Waals surface area contributed by atoms with Crippen molar-refractivity contribution < 1.29 is 19.1 Å². The van der Waals surface area contributed by atoms with Gasteiger partial charge in [-0.05, 0) is 97.5 Å². The number of imidazole rings is 1. The Kier molecular flexibility index (Phi) is 9.33. The Balaban J connectivity index is 0.895. The van der Waals surface area contributed by atoms with Crippen molar-refractivity contribution in [1.29, 1.82) is 0 Å².